The molecule has 1 aromatic heterocycles. The molecule has 0 unspecified atom stereocenters. The molecule has 0 saturated carbocycles. The normalized spacial score (nSPS) is 11.4. The predicted molar refractivity (Wildman–Crippen MR) is 65.6 cm³/mol. The van der Waals surface area contributed by atoms with Gasteiger partial charge in [-0.1, -0.05) is 15.9 Å². The number of hydrogen-bond acceptors (Lipinski definition) is 4. The minimum Gasteiger partial charge on any atom is -0.439 e. The Morgan fingerprint density at radius 1 is 1.10 bits per heavy atom. The van der Waals surface area contributed by atoms with E-state index in [0.717, 1.165) is 12.1 Å². The fraction of sp³-hybridized carbons (Fsp3) is 0.0909. The summed E-state index contributed by atoms with van der Waals surface area (Å²) in [4.78, 5) is 6.24. The van der Waals surface area contributed by atoms with E-state index in [9.17, 15) is 17.6 Å². The molecule has 2 aromatic rings. The molecule has 0 aliphatic carbocycles. The summed E-state index contributed by atoms with van der Waals surface area (Å²) < 4.78 is 56.1. The Bertz CT molecular complexity index is 628. The predicted octanol–water partition coefficient (Wildman–Crippen LogP) is 3.77. The third-order valence-electron chi connectivity index (χ3n) is 2.03. The van der Waals surface area contributed by atoms with Crippen LogP contribution in [0.15, 0.2) is 28.7 Å². The van der Waals surface area contributed by atoms with Crippen LogP contribution < -0.4 is 10.5 Å². The Labute approximate surface area is 118 Å². The summed E-state index contributed by atoms with van der Waals surface area (Å²) in [7, 11) is 0. The third-order valence-corrected chi connectivity index (χ3v) is 2.49. The molecule has 2 rings (SSSR count). The van der Waals surface area contributed by atoms with Gasteiger partial charge in [0.1, 0.15) is 17.4 Å². The first kappa shape index (κ1) is 14.5. The minimum absolute atomic E-state index is 0.0249. The molecule has 0 amide bonds. The first-order chi connectivity index (χ1) is 9.24. The number of ether oxygens (including phenoxy) is 1. The summed E-state index contributed by atoms with van der Waals surface area (Å²) in [5, 5.41) is 0. The molecule has 2 N–H and O–H groups in total. The molecular weight excluding hydrogens is 346 g/mol. The molecule has 1 heterocycles. The van der Waals surface area contributed by atoms with Crippen molar-refractivity contribution in [2.24, 2.45) is 0 Å². The number of aromatic nitrogens is 2. The molecule has 0 radical (unpaired) electrons. The van der Waals surface area contributed by atoms with E-state index in [0.29, 0.717) is 4.47 Å². The highest BCUT2D eigenvalue weighted by Crippen LogP contribution is 2.30. The van der Waals surface area contributed by atoms with Gasteiger partial charge in [-0.3, -0.25) is 0 Å². The van der Waals surface area contributed by atoms with Crippen molar-refractivity contribution in [3.63, 3.8) is 0 Å². The van der Waals surface area contributed by atoms with Crippen LogP contribution in [-0.2, 0) is 6.18 Å². The lowest BCUT2D eigenvalue weighted by molar-refractivity contribution is -0.145. The third kappa shape index (κ3) is 3.56. The van der Waals surface area contributed by atoms with Gasteiger partial charge >= 0.3 is 6.18 Å². The van der Waals surface area contributed by atoms with Crippen molar-refractivity contribution in [2.45, 2.75) is 6.18 Å². The van der Waals surface area contributed by atoms with Crippen LogP contribution in [0.25, 0.3) is 0 Å². The lowest BCUT2D eigenvalue weighted by atomic mass is 10.3. The number of benzene rings is 1. The van der Waals surface area contributed by atoms with Crippen LogP contribution in [0.3, 0.4) is 0 Å². The molecule has 0 fully saturated rings. The van der Waals surface area contributed by atoms with E-state index in [2.05, 4.69) is 25.9 Å². The molecule has 20 heavy (non-hydrogen) atoms. The summed E-state index contributed by atoms with van der Waals surface area (Å²) in [6.07, 6.45) is -4.75. The van der Waals surface area contributed by atoms with E-state index in [1.165, 1.54) is 12.1 Å². The second kappa shape index (κ2) is 5.23. The topological polar surface area (TPSA) is 61.0 Å². The first-order valence-corrected chi connectivity index (χ1v) is 5.89. The number of nitrogen functional groups attached to an aromatic ring is 1. The molecule has 0 spiro atoms. The van der Waals surface area contributed by atoms with Gasteiger partial charge in [0.15, 0.2) is 0 Å². The van der Waals surface area contributed by atoms with Crippen molar-refractivity contribution < 1.29 is 22.3 Å². The fourth-order valence-electron chi connectivity index (χ4n) is 1.33. The maximum absolute atomic E-state index is 13.1. The zero-order chi connectivity index (χ0) is 14.9. The maximum Gasteiger partial charge on any atom is 0.451 e. The molecule has 0 aliphatic rings. The highest BCUT2D eigenvalue weighted by Gasteiger charge is 2.35. The van der Waals surface area contributed by atoms with Gasteiger partial charge in [0, 0.05) is 16.6 Å². The van der Waals surface area contributed by atoms with Gasteiger partial charge in [0.25, 0.3) is 0 Å². The molecule has 0 bridgehead atoms. The van der Waals surface area contributed by atoms with Crippen LogP contribution >= 0.6 is 15.9 Å². The van der Waals surface area contributed by atoms with E-state index in [1.54, 1.807) is 0 Å². The van der Waals surface area contributed by atoms with E-state index in [1.807, 2.05) is 0 Å². The molecule has 0 aliphatic heterocycles. The Hall–Kier alpha value is -1.90. The van der Waals surface area contributed by atoms with Gasteiger partial charge in [-0.05, 0) is 12.1 Å². The average Bonchev–Trinajstić information content (AvgIpc) is 2.25. The maximum atomic E-state index is 13.1. The SMILES string of the molecule is Nc1cc(Oc2cc(F)cc(Br)c2)nc(C(F)(F)F)n1. The number of rotatable bonds is 2. The summed E-state index contributed by atoms with van der Waals surface area (Å²) in [5.41, 5.74) is 5.26. The summed E-state index contributed by atoms with van der Waals surface area (Å²) in [5.74, 6) is -2.90. The van der Waals surface area contributed by atoms with Crippen LogP contribution in [-0.4, -0.2) is 9.97 Å². The lowest BCUT2D eigenvalue weighted by Crippen LogP contribution is -2.12. The van der Waals surface area contributed by atoms with Crippen molar-refractivity contribution in [3.8, 4) is 11.6 Å². The van der Waals surface area contributed by atoms with Crippen LogP contribution in [0.4, 0.5) is 23.4 Å². The number of nitrogens with zero attached hydrogens (tertiary/aromatic N) is 2. The van der Waals surface area contributed by atoms with Gasteiger partial charge < -0.3 is 10.5 Å². The number of nitrogens with two attached hydrogens (primary N) is 1. The van der Waals surface area contributed by atoms with Gasteiger partial charge in [0.2, 0.25) is 11.7 Å². The standard InChI is InChI=1S/C11H6BrF4N3O/c12-5-1-6(13)3-7(2-5)20-9-4-8(17)18-10(19-9)11(14,15)16/h1-4H,(H2,17,18,19). The molecule has 9 heteroatoms. The van der Waals surface area contributed by atoms with Crippen molar-refractivity contribution >= 4 is 21.7 Å². The minimum atomic E-state index is -4.75. The monoisotopic (exact) mass is 351 g/mol. The molecule has 0 saturated heterocycles. The lowest BCUT2D eigenvalue weighted by Gasteiger charge is -2.09. The smallest absolute Gasteiger partial charge is 0.439 e. The second-order valence-corrected chi connectivity index (χ2v) is 4.58. The van der Waals surface area contributed by atoms with E-state index in [-0.39, 0.29) is 5.75 Å². The zero-order valence-corrected chi connectivity index (χ0v) is 11.2. The van der Waals surface area contributed by atoms with E-state index in [4.69, 9.17) is 10.5 Å². The quantitative estimate of drug-likeness (QED) is 0.836. The second-order valence-electron chi connectivity index (χ2n) is 3.66. The molecular formula is C11H6BrF4N3O. The summed E-state index contributed by atoms with van der Waals surface area (Å²) in [6.45, 7) is 0. The van der Waals surface area contributed by atoms with Crippen molar-refractivity contribution in [3.05, 3.63) is 40.4 Å². The van der Waals surface area contributed by atoms with E-state index < -0.39 is 29.5 Å². The van der Waals surface area contributed by atoms with Crippen LogP contribution in [0, 0.1) is 5.82 Å². The number of hydrogen-bond donors (Lipinski definition) is 1. The van der Waals surface area contributed by atoms with Gasteiger partial charge in [-0.15, -0.1) is 0 Å². The molecule has 106 valence electrons. The van der Waals surface area contributed by atoms with Gasteiger partial charge in [-0.2, -0.15) is 18.2 Å². The van der Waals surface area contributed by atoms with Crippen molar-refractivity contribution in [1.82, 2.24) is 9.97 Å². The number of anilines is 1. The molecule has 1 aromatic carbocycles. The van der Waals surface area contributed by atoms with Crippen molar-refractivity contribution in [2.75, 3.05) is 5.73 Å². The average molecular weight is 352 g/mol. The van der Waals surface area contributed by atoms with Crippen LogP contribution in [0.5, 0.6) is 11.6 Å². The number of halogens is 5. The Kier molecular flexibility index (Phi) is 3.80. The Balaban J connectivity index is 2.36. The highest BCUT2D eigenvalue weighted by molar-refractivity contribution is 9.10. The van der Waals surface area contributed by atoms with Crippen LogP contribution in [0.2, 0.25) is 0 Å². The molecule has 0 atom stereocenters. The van der Waals surface area contributed by atoms with Crippen LogP contribution in [0.1, 0.15) is 5.82 Å². The molecule has 4 nitrogen and oxygen atoms in total. The summed E-state index contributed by atoms with van der Waals surface area (Å²) in [6, 6.07) is 4.54. The van der Waals surface area contributed by atoms with E-state index >= 15 is 0 Å². The summed E-state index contributed by atoms with van der Waals surface area (Å²) >= 11 is 3.03. The number of alkyl halides is 3. The van der Waals surface area contributed by atoms with Gasteiger partial charge in [0.05, 0.1) is 0 Å². The zero-order valence-electron chi connectivity index (χ0n) is 9.58. The largest absolute Gasteiger partial charge is 0.451 e. The first-order valence-electron chi connectivity index (χ1n) is 5.10. The van der Waals surface area contributed by atoms with Crippen molar-refractivity contribution in [1.29, 1.82) is 0 Å². The van der Waals surface area contributed by atoms with Gasteiger partial charge in [-0.25, -0.2) is 9.37 Å². The Morgan fingerprint density at radius 2 is 1.80 bits per heavy atom. The fourth-order valence-corrected chi connectivity index (χ4v) is 1.77. The Morgan fingerprint density at radius 3 is 2.40 bits per heavy atom. The highest BCUT2D eigenvalue weighted by atomic mass is 79.9.